The van der Waals surface area contributed by atoms with Gasteiger partial charge in [-0.2, -0.15) is 13.2 Å². The summed E-state index contributed by atoms with van der Waals surface area (Å²) < 4.78 is 62.9. The Morgan fingerprint density at radius 3 is 2.32 bits per heavy atom. The monoisotopic (exact) mass is 276 g/mol. The number of alkyl halides is 3. The van der Waals surface area contributed by atoms with Crippen LogP contribution in [-0.4, -0.2) is 9.97 Å². The van der Waals surface area contributed by atoms with Crippen LogP contribution in [0.1, 0.15) is 5.82 Å². The van der Waals surface area contributed by atoms with Crippen LogP contribution in [0.15, 0.2) is 29.2 Å². The summed E-state index contributed by atoms with van der Waals surface area (Å²) in [6.07, 6.45) is -4.21. The number of aromatic nitrogens is 2. The summed E-state index contributed by atoms with van der Waals surface area (Å²) in [4.78, 5) is 16.0. The van der Waals surface area contributed by atoms with Crippen LogP contribution in [0.25, 0.3) is 11.1 Å². The average molecular weight is 276 g/mol. The van der Waals surface area contributed by atoms with E-state index in [1.54, 1.807) is 0 Å². The Morgan fingerprint density at radius 1 is 1.11 bits per heavy atom. The van der Waals surface area contributed by atoms with E-state index in [0.717, 1.165) is 12.1 Å². The molecule has 0 fully saturated rings. The minimum absolute atomic E-state index is 0.330. The maximum atomic E-state index is 13.4. The van der Waals surface area contributed by atoms with Crippen molar-refractivity contribution in [1.82, 2.24) is 9.97 Å². The summed E-state index contributed by atoms with van der Waals surface area (Å²) in [7, 11) is 0. The van der Waals surface area contributed by atoms with E-state index in [1.165, 1.54) is 4.98 Å². The third kappa shape index (κ3) is 2.61. The lowest BCUT2D eigenvalue weighted by molar-refractivity contribution is -0.145. The summed E-state index contributed by atoms with van der Waals surface area (Å²) in [5.74, 6) is -3.41. The van der Waals surface area contributed by atoms with Gasteiger partial charge in [-0.3, -0.25) is 4.79 Å². The zero-order valence-corrected chi connectivity index (χ0v) is 9.05. The van der Waals surface area contributed by atoms with Crippen molar-refractivity contribution in [3.05, 3.63) is 52.2 Å². The van der Waals surface area contributed by atoms with Crippen LogP contribution in [0.4, 0.5) is 22.0 Å². The Labute approximate surface area is 102 Å². The number of hydrogen-bond donors (Lipinski definition) is 1. The molecule has 1 N–H and O–H groups in total. The normalized spacial score (nSPS) is 11.6. The van der Waals surface area contributed by atoms with Gasteiger partial charge in [0.2, 0.25) is 5.82 Å². The Morgan fingerprint density at radius 2 is 1.79 bits per heavy atom. The van der Waals surface area contributed by atoms with Gasteiger partial charge in [0.05, 0.1) is 5.56 Å². The second kappa shape index (κ2) is 4.45. The molecule has 1 heterocycles. The Balaban J connectivity index is 2.56. The quantitative estimate of drug-likeness (QED) is 0.814. The summed E-state index contributed by atoms with van der Waals surface area (Å²) in [6, 6.07) is 2.35. The lowest BCUT2D eigenvalue weighted by Crippen LogP contribution is -2.20. The van der Waals surface area contributed by atoms with Crippen molar-refractivity contribution in [2.75, 3.05) is 0 Å². The largest absolute Gasteiger partial charge is 0.449 e. The summed E-state index contributed by atoms with van der Waals surface area (Å²) >= 11 is 0. The predicted molar refractivity (Wildman–Crippen MR) is 55.2 cm³/mol. The number of rotatable bonds is 1. The van der Waals surface area contributed by atoms with Gasteiger partial charge in [0, 0.05) is 17.8 Å². The van der Waals surface area contributed by atoms with Crippen molar-refractivity contribution >= 4 is 0 Å². The highest BCUT2D eigenvalue weighted by molar-refractivity contribution is 5.62. The molecule has 0 atom stereocenters. The number of H-pyrrole nitrogens is 1. The third-order valence-electron chi connectivity index (χ3n) is 2.29. The number of hydrogen-bond acceptors (Lipinski definition) is 2. The highest BCUT2D eigenvalue weighted by Gasteiger charge is 2.34. The maximum Gasteiger partial charge on any atom is 0.449 e. The molecule has 0 saturated carbocycles. The molecule has 0 amide bonds. The fourth-order valence-electron chi connectivity index (χ4n) is 1.44. The molecule has 2 aromatic rings. The van der Waals surface area contributed by atoms with E-state index in [2.05, 4.69) is 4.98 Å². The van der Waals surface area contributed by atoms with Crippen LogP contribution in [0, 0.1) is 11.6 Å². The molecule has 0 aliphatic rings. The molecule has 1 aromatic carbocycles. The number of nitrogens with one attached hydrogen (secondary N) is 1. The Bertz CT molecular complexity index is 678. The van der Waals surface area contributed by atoms with Crippen LogP contribution in [0.3, 0.4) is 0 Å². The lowest BCUT2D eigenvalue weighted by Gasteiger charge is -2.06. The van der Waals surface area contributed by atoms with E-state index >= 15 is 0 Å². The summed E-state index contributed by atoms with van der Waals surface area (Å²) in [5.41, 5.74) is -1.90. The molecule has 3 nitrogen and oxygen atoms in total. The predicted octanol–water partition coefficient (Wildman–Crippen LogP) is 2.73. The van der Waals surface area contributed by atoms with Crippen LogP contribution >= 0.6 is 0 Å². The van der Waals surface area contributed by atoms with Gasteiger partial charge in [0.25, 0.3) is 5.56 Å². The molecule has 0 bridgehead atoms. The molecule has 8 heteroatoms. The van der Waals surface area contributed by atoms with E-state index in [9.17, 15) is 26.7 Å². The molecule has 0 spiro atoms. The van der Waals surface area contributed by atoms with Gasteiger partial charge < -0.3 is 4.98 Å². The van der Waals surface area contributed by atoms with Crippen molar-refractivity contribution in [3.63, 3.8) is 0 Å². The second-order valence-corrected chi connectivity index (χ2v) is 3.60. The molecule has 0 unspecified atom stereocenters. The molecule has 0 aliphatic carbocycles. The molecular weight excluding hydrogens is 271 g/mol. The first kappa shape index (κ1) is 13.2. The Kier molecular flexibility index (Phi) is 3.09. The zero-order valence-electron chi connectivity index (χ0n) is 9.05. The fourth-order valence-corrected chi connectivity index (χ4v) is 1.44. The maximum absolute atomic E-state index is 13.4. The van der Waals surface area contributed by atoms with Crippen molar-refractivity contribution in [1.29, 1.82) is 0 Å². The lowest BCUT2D eigenvalue weighted by atomic mass is 10.1. The van der Waals surface area contributed by atoms with Crippen LogP contribution < -0.4 is 5.56 Å². The van der Waals surface area contributed by atoms with Crippen molar-refractivity contribution < 1.29 is 22.0 Å². The standard InChI is InChI=1S/C11H5F5N2O/c12-5-1-2-6(8(13)3-5)7-4-17-10(11(14,15)16)18-9(7)19/h1-4H,(H,17,18,19). The smallest absolute Gasteiger partial charge is 0.302 e. The van der Waals surface area contributed by atoms with Gasteiger partial charge in [0.15, 0.2) is 0 Å². The van der Waals surface area contributed by atoms with E-state index in [4.69, 9.17) is 0 Å². The highest BCUT2D eigenvalue weighted by Crippen LogP contribution is 2.26. The van der Waals surface area contributed by atoms with Gasteiger partial charge in [-0.1, -0.05) is 0 Å². The van der Waals surface area contributed by atoms with Gasteiger partial charge in [0.1, 0.15) is 11.6 Å². The number of nitrogens with zero attached hydrogens (tertiary/aromatic N) is 1. The minimum Gasteiger partial charge on any atom is -0.302 e. The molecule has 2 rings (SSSR count). The first-order valence-electron chi connectivity index (χ1n) is 4.91. The molecule has 0 saturated heterocycles. The summed E-state index contributed by atoms with van der Waals surface area (Å²) in [6.45, 7) is 0. The van der Waals surface area contributed by atoms with Crippen molar-refractivity contribution in [2.45, 2.75) is 6.18 Å². The average Bonchev–Trinajstić information content (AvgIpc) is 2.28. The zero-order chi connectivity index (χ0) is 14.2. The van der Waals surface area contributed by atoms with E-state index < -0.39 is 34.8 Å². The van der Waals surface area contributed by atoms with Crippen LogP contribution in [-0.2, 0) is 6.18 Å². The molecule has 19 heavy (non-hydrogen) atoms. The van der Waals surface area contributed by atoms with Gasteiger partial charge in [-0.25, -0.2) is 13.8 Å². The molecule has 0 radical (unpaired) electrons. The number of aromatic amines is 1. The van der Waals surface area contributed by atoms with Gasteiger partial charge in [-0.05, 0) is 12.1 Å². The van der Waals surface area contributed by atoms with Crippen molar-refractivity contribution in [3.8, 4) is 11.1 Å². The Hall–Kier alpha value is -2.25. The highest BCUT2D eigenvalue weighted by atomic mass is 19.4. The van der Waals surface area contributed by atoms with E-state index in [1.807, 2.05) is 0 Å². The van der Waals surface area contributed by atoms with E-state index in [0.29, 0.717) is 12.3 Å². The van der Waals surface area contributed by atoms with Crippen molar-refractivity contribution in [2.24, 2.45) is 0 Å². The molecular formula is C11H5F5N2O. The fraction of sp³-hybridized carbons (Fsp3) is 0.0909. The first-order valence-corrected chi connectivity index (χ1v) is 4.91. The van der Waals surface area contributed by atoms with E-state index in [-0.39, 0.29) is 5.56 Å². The van der Waals surface area contributed by atoms with Crippen LogP contribution in [0.2, 0.25) is 0 Å². The molecule has 0 aliphatic heterocycles. The number of halogens is 5. The number of benzene rings is 1. The van der Waals surface area contributed by atoms with Crippen LogP contribution in [0.5, 0.6) is 0 Å². The topological polar surface area (TPSA) is 45.8 Å². The third-order valence-corrected chi connectivity index (χ3v) is 2.29. The summed E-state index contributed by atoms with van der Waals surface area (Å²) in [5, 5.41) is 0. The first-order chi connectivity index (χ1) is 8.79. The van der Waals surface area contributed by atoms with Gasteiger partial charge >= 0.3 is 6.18 Å². The minimum atomic E-state index is -4.81. The SMILES string of the molecule is O=c1[nH]c(C(F)(F)F)ncc1-c1ccc(F)cc1F. The molecule has 1 aromatic heterocycles. The second-order valence-electron chi connectivity index (χ2n) is 3.60. The molecule has 100 valence electrons. The van der Waals surface area contributed by atoms with Gasteiger partial charge in [-0.15, -0.1) is 0 Å².